The lowest BCUT2D eigenvalue weighted by molar-refractivity contribution is 0.306. The number of hydrogen-bond acceptors (Lipinski definition) is 5. The van der Waals surface area contributed by atoms with Crippen LogP contribution in [0.4, 0.5) is 5.82 Å². The molecule has 1 heterocycles. The van der Waals surface area contributed by atoms with E-state index in [1.54, 1.807) is 7.11 Å². The van der Waals surface area contributed by atoms with E-state index in [-0.39, 0.29) is 0 Å². The van der Waals surface area contributed by atoms with E-state index >= 15 is 0 Å². The van der Waals surface area contributed by atoms with Crippen molar-refractivity contribution in [3.8, 4) is 22.9 Å². The highest BCUT2D eigenvalue weighted by molar-refractivity contribution is 6.33. The molecule has 0 saturated heterocycles. The molecule has 0 amide bonds. The molecule has 0 radical (unpaired) electrons. The Morgan fingerprint density at radius 3 is 2.46 bits per heavy atom. The molecule has 2 rings (SSSR count). The van der Waals surface area contributed by atoms with Gasteiger partial charge in [0.05, 0.1) is 30.1 Å². The minimum Gasteiger partial charge on any atom is -0.494 e. The van der Waals surface area contributed by atoms with Crippen molar-refractivity contribution in [2.45, 2.75) is 59.3 Å². The van der Waals surface area contributed by atoms with Crippen molar-refractivity contribution in [1.29, 1.82) is 0 Å². The van der Waals surface area contributed by atoms with Crippen molar-refractivity contribution in [3.63, 3.8) is 0 Å². The number of nitrogens with one attached hydrogen (secondary N) is 1. The summed E-state index contributed by atoms with van der Waals surface area (Å²) in [5.74, 6) is 1.93. The standard InChI is InChI=1S/C22H32ClN3O2/c1-5-7-9-13-24-21-22(27-4)26-20(16(3)25-21)18-12-11-17(15-19(18)23)28-14-10-8-6-2/h11-12,15H,5-10,13-14H2,1-4H3,(H,24,25). The fourth-order valence-corrected chi connectivity index (χ4v) is 3.18. The quantitative estimate of drug-likeness (QED) is 0.421. The number of methoxy groups -OCH3 is 1. The van der Waals surface area contributed by atoms with Crippen LogP contribution in [0.1, 0.15) is 58.1 Å². The highest BCUT2D eigenvalue weighted by Gasteiger charge is 2.16. The van der Waals surface area contributed by atoms with Crippen LogP contribution < -0.4 is 14.8 Å². The van der Waals surface area contributed by atoms with Crippen molar-refractivity contribution < 1.29 is 9.47 Å². The molecule has 0 fully saturated rings. The maximum absolute atomic E-state index is 6.53. The largest absolute Gasteiger partial charge is 0.494 e. The summed E-state index contributed by atoms with van der Waals surface area (Å²) in [5.41, 5.74) is 2.35. The number of benzene rings is 1. The van der Waals surface area contributed by atoms with Crippen LogP contribution in [0.3, 0.4) is 0 Å². The Labute approximate surface area is 173 Å². The van der Waals surface area contributed by atoms with Gasteiger partial charge in [-0.2, -0.15) is 0 Å². The first kappa shape index (κ1) is 22.3. The zero-order chi connectivity index (χ0) is 20.4. The molecular weight excluding hydrogens is 374 g/mol. The summed E-state index contributed by atoms with van der Waals surface area (Å²) >= 11 is 6.53. The van der Waals surface area contributed by atoms with Gasteiger partial charge in [-0.1, -0.05) is 51.1 Å². The molecule has 5 nitrogen and oxygen atoms in total. The second kappa shape index (κ2) is 11.7. The molecular formula is C22H32ClN3O2. The van der Waals surface area contributed by atoms with Gasteiger partial charge in [0, 0.05) is 12.1 Å². The summed E-state index contributed by atoms with van der Waals surface area (Å²) < 4.78 is 11.2. The van der Waals surface area contributed by atoms with E-state index in [0.717, 1.165) is 42.1 Å². The van der Waals surface area contributed by atoms with Gasteiger partial charge < -0.3 is 14.8 Å². The van der Waals surface area contributed by atoms with Crippen LogP contribution in [-0.2, 0) is 0 Å². The summed E-state index contributed by atoms with van der Waals surface area (Å²) in [7, 11) is 1.61. The first-order valence-corrected chi connectivity index (χ1v) is 10.6. The average Bonchev–Trinajstić information content (AvgIpc) is 2.69. The van der Waals surface area contributed by atoms with E-state index in [9.17, 15) is 0 Å². The fraction of sp³-hybridized carbons (Fsp3) is 0.545. The van der Waals surface area contributed by atoms with Crippen LogP contribution in [0.2, 0.25) is 5.02 Å². The monoisotopic (exact) mass is 405 g/mol. The number of halogens is 1. The highest BCUT2D eigenvalue weighted by Crippen LogP contribution is 2.34. The van der Waals surface area contributed by atoms with Gasteiger partial charge >= 0.3 is 0 Å². The molecule has 0 atom stereocenters. The van der Waals surface area contributed by atoms with Gasteiger partial charge in [0.1, 0.15) is 5.75 Å². The first-order valence-electron chi connectivity index (χ1n) is 10.2. The zero-order valence-electron chi connectivity index (χ0n) is 17.5. The van der Waals surface area contributed by atoms with Gasteiger partial charge in [0.2, 0.25) is 0 Å². The summed E-state index contributed by atoms with van der Waals surface area (Å²) in [4.78, 5) is 9.33. The lowest BCUT2D eigenvalue weighted by Gasteiger charge is -2.14. The number of nitrogens with zero attached hydrogens (tertiary/aromatic N) is 2. The van der Waals surface area contributed by atoms with Crippen molar-refractivity contribution in [2.24, 2.45) is 0 Å². The summed E-state index contributed by atoms with van der Waals surface area (Å²) in [5, 5.41) is 3.92. The number of aryl methyl sites for hydroxylation is 1. The Bertz CT molecular complexity index is 753. The van der Waals surface area contributed by atoms with Crippen LogP contribution in [0.25, 0.3) is 11.3 Å². The Hall–Kier alpha value is -2.01. The molecule has 1 aromatic heterocycles. The minimum absolute atomic E-state index is 0.480. The normalized spacial score (nSPS) is 10.8. The predicted octanol–water partition coefficient (Wildman–Crippen LogP) is 6.29. The topological polar surface area (TPSA) is 56.3 Å². The Morgan fingerprint density at radius 2 is 1.79 bits per heavy atom. The van der Waals surface area contributed by atoms with Crippen LogP contribution in [-0.4, -0.2) is 30.2 Å². The molecule has 0 bridgehead atoms. The molecule has 0 aliphatic heterocycles. The van der Waals surface area contributed by atoms with Crippen LogP contribution in [0, 0.1) is 6.92 Å². The Morgan fingerprint density at radius 1 is 1.04 bits per heavy atom. The van der Waals surface area contributed by atoms with E-state index in [2.05, 4.69) is 29.1 Å². The predicted molar refractivity (Wildman–Crippen MR) is 117 cm³/mol. The molecule has 28 heavy (non-hydrogen) atoms. The Balaban J connectivity index is 2.17. The van der Waals surface area contributed by atoms with E-state index in [1.165, 1.54) is 25.7 Å². The Kier molecular flexibility index (Phi) is 9.35. The van der Waals surface area contributed by atoms with Gasteiger partial charge in [0.15, 0.2) is 5.82 Å². The average molecular weight is 406 g/mol. The van der Waals surface area contributed by atoms with Gasteiger partial charge in [0.25, 0.3) is 5.88 Å². The van der Waals surface area contributed by atoms with Crippen molar-refractivity contribution >= 4 is 17.4 Å². The molecule has 1 N–H and O–H groups in total. The SMILES string of the molecule is CCCCCNc1nc(C)c(-c2ccc(OCCCCC)cc2Cl)nc1OC. The fourth-order valence-electron chi connectivity index (χ4n) is 2.92. The second-order valence-corrected chi connectivity index (χ2v) is 7.25. The van der Waals surface area contributed by atoms with Gasteiger partial charge in [-0.15, -0.1) is 0 Å². The van der Waals surface area contributed by atoms with E-state index in [4.69, 9.17) is 21.1 Å². The molecule has 1 aromatic carbocycles. The third-order valence-electron chi connectivity index (χ3n) is 4.52. The lowest BCUT2D eigenvalue weighted by Crippen LogP contribution is -2.08. The summed E-state index contributed by atoms with van der Waals surface area (Å²) in [6.07, 6.45) is 6.84. The number of aromatic nitrogens is 2. The highest BCUT2D eigenvalue weighted by atomic mass is 35.5. The lowest BCUT2D eigenvalue weighted by atomic mass is 10.1. The maximum atomic E-state index is 6.53. The van der Waals surface area contributed by atoms with Crippen LogP contribution in [0.5, 0.6) is 11.6 Å². The number of hydrogen-bond donors (Lipinski definition) is 1. The molecule has 0 saturated carbocycles. The maximum Gasteiger partial charge on any atom is 0.257 e. The first-order chi connectivity index (χ1) is 13.6. The molecule has 0 aliphatic rings. The summed E-state index contributed by atoms with van der Waals surface area (Å²) in [6, 6.07) is 5.70. The van der Waals surface area contributed by atoms with E-state index in [1.807, 2.05) is 25.1 Å². The van der Waals surface area contributed by atoms with E-state index < -0.39 is 0 Å². The minimum atomic E-state index is 0.480. The van der Waals surface area contributed by atoms with Crippen molar-refractivity contribution in [3.05, 3.63) is 28.9 Å². The van der Waals surface area contributed by atoms with Crippen LogP contribution in [0.15, 0.2) is 18.2 Å². The molecule has 0 spiro atoms. The number of rotatable bonds is 12. The van der Waals surface area contributed by atoms with Gasteiger partial charge in [-0.05, 0) is 38.0 Å². The molecule has 6 heteroatoms. The smallest absolute Gasteiger partial charge is 0.257 e. The third kappa shape index (κ3) is 6.26. The molecule has 0 aliphatic carbocycles. The number of unbranched alkanes of at least 4 members (excludes halogenated alkanes) is 4. The van der Waals surface area contributed by atoms with Gasteiger partial charge in [-0.3, -0.25) is 0 Å². The van der Waals surface area contributed by atoms with Crippen LogP contribution >= 0.6 is 11.6 Å². The number of anilines is 1. The molecule has 0 unspecified atom stereocenters. The van der Waals surface area contributed by atoms with Gasteiger partial charge in [-0.25, -0.2) is 9.97 Å². The second-order valence-electron chi connectivity index (χ2n) is 6.85. The summed E-state index contributed by atoms with van der Waals surface area (Å²) in [6.45, 7) is 7.85. The van der Waals surface area contributed by atoms with Crippen molar-refractivity contribution in [2.75, 3.05) is 25.6 Å². The molecule has 154 valence electrons. The van der Waals surface area contributed by atoms with E-state index in [0.29, 0.717) is 23.3 Å². The van der Waals surface area contributed by atoms with Crippen molar-refractivity contribution in [1.82, 2.24) is 9.97 Å². The third-order valence-corrected chi connectivity index (χ3v) is 4.83. The number of ether oxygens (including phenoxy) is 2. The molecule has 2 aromatic rings. The zero-order valence-corrected chi connectivity index (χ0v) is 18.2.